The van der Waals surface area contributed by atoms with E-state index < -0.39 is 0 Å². The quantitative estimate of drug-likeness (QED) is 0.182. The monoisotopic (exact) mass is 672 g/mol. The summed E-state index contributed by atoms with van der Waals surface area (Å²) in [5.41, 5.74) is 10.3. The summed E-state index contributed by atoms with van der Waals surface area (Å²) < 4.78 is 3.90. The van der Waals surface area contributed by atoms with Gasteiger partial charge in [0.15, 0.2) is 5.82 Å². The number of fused-ring (bicyclic) bond motifs is 6. The van der Waals surface area contributed by atoms with E-state index in [2.05, 4.69) is 164 Å². The molecule has 0 bridgehead atoms. The van der Waals surface area contributed by atoms with Gasteiger partial charge in [-0.1, -0.05) is 146 Å². The minimum absolute atomic E-state index is 0.741. The second-order valence-corrected chi connectivity index (χ2v) is 14.6. The van der Waals surface area contributed by atoms with Crippen LogP contribution in [-0.4, -0.2) is 9.97 Å². The first-order valence-electron chi connectivity index (χ1n) is 16.7. The number of hydrogen-bond acceptors (Lipinski definition) is 4. The smallest absolute Gasteiger partial charge is 0.161 e. The molecule has 0 atom stereocenters. The zero-order valence-corrected chi connectivity index (χ0v) is 28.5. The average molecular weight is 673 g/mol. The summed E-state index contributed by atoms with van der Waals surface area (Å²) in [4.78, 5) is 11.4. The molecule has 0 unspecified atom stereocenters. The largest absolute Gasteiger partial charge is 0.227 e. The third-order valence-corrected chi connectivity index (χ3v) is 11.8. The van der Waals surface area contributed by atoms with Gasteiger partial charge in [-0.25, -0.2) is 9.97 Å². The molecule has 10 aromatic rings. The van der Waals surface area contributed by atoms with E-state index in [-0.39, 0.29) is 0 Å². The maximum atomic E-state index is 5.22. The van der Waals surface area contributed by atoms with E-state index in [0.717, 1.165) is 44.0 Å². The summed E-state index contributed by atoms with van der Waals surface area (Å²) >= 11 is 3.60. The number of hydrogen-bond donors (Lipinski definition) is 0. The van der Waals surface area contributed by atoms with E-state index in [4.69, 9.17) is 9.97 Å². The van der Waals surface area contributed by atoms with Crippen molar-refractivity contribution < 1.29 is 0 Å². The molecule has 3 aromatic heterocycles. The van der Waals surface area contributed by atoms with Gasteiger partial charge in [-0.3, -0.25) is 0 Å². The lowest BCUT2D eigenvalue weighted by Crippen LogP contribution is -1.94. The molecule has 50 heavy (non-hydrogen) atoms. The summed E-state index contributed by atoms with van der Waals surface area (Å²) in [6.45, 7) is 0. The van der Waals surface area contributed by atoms with Crippen molar-refractivity contribution in [3.63, 3.8) is 0 Å². The van der Waals surface area contributed by atoms with Gasteiger partial charge in [-0.05, 0) is 57.6 Å². The normalized spacial score (nSPS) is 11.6. The average Bonchev–Trinajstić information content (AvgIpc) is 3.77. The van der Waals surface area contributed by atoms with Crippen LogP contribution in [0.25, 0.3) is 96.5 Å². The molecular weight excluding hydrogens is 645 g/mol. The van der Waals surface area contributed by atoms with Gasteiger partial charge in [-0.2, -0.15) is 0 Å². The first-order valence-corrected chi connectivity index (χ1v) is 18.4. The van der Waals surface area contributed by atoms with Crippen molar-refractivity contribution in [1.82, 2.24) is 9.97 Å². The van der Waals surface area contributed by atoms with Crippen LogP contribution in [0.3, 0.4) is 0 Å². The number of rotatable bonds is 5. The van der Waals surface area contributed by atoms with E-state index in [1.165, 1.54) is 52.5 Å². The molecule has 7 aromatic carbocycles. The van der Waals surface area contributed by atoms with Gasteiger partial charge in [0.05, 0.1) is 5.69 Å². The molecule has 3 heterocycles. The van der Waals surface area contributed by atoms with Crippen LogP contribution in [0.15, 0.2) is 170 Å². The number of benzene rings is 7. The molecule has 0 radical (unpaired) electrons. The summed E-state index contributed by atoms with van der Waals surface area (Å²) in [7, 11) is 0. The SMILES string of the molecule is c1ccc(-c2nc(-c3cccc(-c4cccc(-c5ccc(-c6cccc7c6sc6ccccc67)cc5)c4)c3)nc3sc4ccccc4c23)cc1. The lowest BCUT2D eigenvalue weighted by Gasteiger charge is -2.10. The predicted octanol–water partition coefficient (Wildman–Crippen LogP) is 13.5. The van der Waals surface area contributed by atoms with Crippen molar-refractivity contribution in [3.05, 3.63) is 170 Å². The van der Waals surface area contributed by atoms with Crippen molar-refractivity contribution >= 4 is 63.1 Å². The third-order valence-electron chi connectivity index (χ3n) is 9.54. The van der Waals surface area contributed by atoms with Gasteiger partial charge in [-0.15, -0.1) is 22.7 Å². The Hall–Kier alpha value is -5.94. The zero-order valence-electron chi connectivity index (χ0n) is 26.9. The van der Waals surface area contributed by atoms with E-state index >= 15 is 0 Å². The molecule has 0 fully saturated rings. The second kappa shape index (κ2) is 11.9. The van der Waals surface area contributed by atoms with Gasteiger partial charge >= 0.3 is 0 Å². The lowest BCUT2D eigenvalue weighted by atomic mass is 9.96. The molecule has 234 valence electrons. The highest BCUT2D eigenvalue weighted by Gasteiger charge is 2.17. The summed E-state index contributed by atoms with van der Waals surface area (Å²) in [6.07, 6.45) is 0. The molecule has 10 rings (SSSR count). The Morgan fingerprint density at radius 3 is 1.70 bits per heavy atom. The van der Waals surface area contributed by atoms with Crippen LogP contribution in [0.5, 0.6) is 0 Å². The topological polar surface area (TPSA) is 25.8 Å². The second-order valence-electron chi connectivity index (χ2n) is 12.6. The first kappa shape index (κ1) is 29.0. The molecule has 2 nitrogen and oxygen atoms in total. The van der Waals surface area contributed by atoms with Crippen molar-refractivity contribution in [1.29, 1.82) is 0 Å². The Morgan fingerprint density at radius 1 is 0.360 bits per heavy atom. The van der Waals surface area contributed by atoms with E-state index in [0.29, 0.717) is 0 Å². The highest BCUT2D eigenvalue weighted by atomic mass is 32.1. The Labute approximate surface area is 297 Å². The van der Waals surface area contributed by atoms with Crippen LogP contribution in [-0.2, 0) is 0 Å². The Balaban J connectivity index is 1.01. The molecule has 0 aliphatic rings. The molecule has 0 saturated carbocycles. The fraction of sp³-hybridized carbons (Fsp3) is 0. The van der Waals surface area contributed by atoms with Gasteiger partial charge < -0.3 is 0 Å². The highest BCUT2D eigenvalue weighted by molar-refractivity contribution is 7.26. The highest BCUT2D eigenvalue weighted by Crippen LogP contribution is 2.41. The molecule has 0 saturated heterocycles. The minimum Gasteiger partial charge on any atom is -0.227 e. The fourth-order valence-electron chi connectivity index (χ4n) is 7.09. The van der Waals surface area contributed by atoms with Gasteiger partial charge in [0, 0.05) is 46.8 Å². The number of nitrogens with zero attached hydrogens (tertiary/aromatic N) is 2. The van der Waals surface area contributed by atoms with E-state index in [1.54, 1.807) is 11.3 Å². The van der Waals surface area contributed by atoms with Gasteiger partial charge in [0.2, 0.25) is 0 Å². The van der Waals surface area contributed by atoms with Crippen LogP contribution in [0.2, 0.25) is 0 Å². The molecule has 0 aliphatic carbocycles. The van der Waals surface area contributed by atoms with Crippen molar-refractivity contribution in [2.24, 2.45) is 0 Å². The number of thiophene rings is 2. The zero-order chi connectivity index (χ0) is 33.0. The summed E-state index contributed by atoms with van der Waals surface area (Å²) in [5.74, 6) is 0.741. The van der Waals surface area contributed by atoms with Crippen LogP contribution in [0, 0.1) is 0 Å². The molecule has 0 amide bonds. The van der Waals surface area contributed by atoms with Gasteiger partial charge in [0.1, 0.15) is 4.83 Å². The predicted molar refractivity (Wildman–Crippen MR) is 215 cm³/mol. The molecule has 0 spiro atoms. The number of aromatic nitrogens is 2. The molecule has 0 aliphatic heterocycles. The van der Waals surface area contributed by atoms with Crippen LogP contribution < -0.4 is 0 Å². The van der Waals surface area contributed by atoms with Crippen LogP contribution in [0.1, 0.15) is 0 Å². The maximum absolute atomic E-state index is 5.22. The van der Waals surface area contributed by atoms with Crippen molar-refractivity contribution in [2.75, 3.05) is 0 Å². The van der Waals surface area contributed by atoms with Crippen LogP contribution in [0.4, 0.5) is 0 Å². The van der Waals surface area contributed by atoms with E-state index in [9.17, 15) is 0 Å². The summed E-state index contributed by atoms with van der Waals surface area (Å²) in [6, 6.07) is 60.8. The minimum atomic E-state index is 0.741. The lowest BCUT2D eigenvalue weighted by molar-refractivity contribution is 1.24. The Kier molecular flexibility index (Phi) is 6.90. The summed E-state index contributed by atoms with van der Waals surface area (Å²) in [5, 5.41) is 4.98. The van der Waals surface area contributed by atoms with Crippen molar-refractivity contribution in [3.8, 4) is 56.0 Å². The standard InChI is InChI=1S/C46H28N2S2/c1-2-11-31(12-3-1)43-42-39-18-5-7-22-41(39)50-46(42)48-45(47-43)35-16-9-15-34(28-35)33-14-8-13-32(27-33)29-23-25-30(26-24-29)36-19-10-20-38-37-17-4-6-21-40(37)49-44(36)38/h1-28H. The van der Waals surface area contributed by atoms with Crippen molar-refractivity contribution in [2.45, 2.75) is 0 Å². The third kappa shape index (κ3) is 4.92. The fourth-order valence-corrected chi connectivity index (χ4v) is 9.40. The van der Waals surface area contributed by atoms with E-state index in [1.807, 2.05) is 17.4 Å². The van der Waals surface area contributed by atoms with Crippen LogP contribution >= 0.6 is 22.7 Å². The molecular formula is C46H28N2S2. The Bertz CT molecular complexity index is 2860. The molecule has 0 N–H and O–H groups in total. The maximum Gasteiger partial charge on any atom is 0.161 e. The molecule has 4 heteroatoms. The Morgan fingerprint density at radius 2 is 0.920 bits per heavy atom. The first-order chi connectivity index (χ1) is 24.8. The van der Waals surface area contributed by atoms with Gasteiger partial charge in [0.25, 0.3) is 0 Å².